The Kier molecular flexibility index (Phi) is 8.71. The van der Waals surface area contributed by atoms with E-state index in [1.165, 1.54) is 0 Å². The normalized spacial score (nSPS) is 12.6. The van der Waals surface area contributed by atoms with E-state index < -0.39 is 6.04 Å². The van der Waals surface area contributed by atoms with Gasteiger partial charge in [-0.15, -0.1) is 0 Å². The molecule has 30 heavy (non-hydrogen) atoms. The molecule has 0 saturated carbocycles. The molecule has 6 heteroatoms. The Labute approximate surface area is 179 Å². The van der Waals surface area contributed by atoms with E-state index in [2.05, 4.69) is 5.32 Å². The summed E-state index contributed by atoms with van der Waals surface area (Å²) in [5, 5.41) is 2.96. The molecule has 0 radical (unpaired) electrons. The van der Waals surface area contributed by atoms with Gasteiger partial charge in [0.25, 0.3) is 5.91 Å². The summed E-state index contributed by atoms with van der Waals surface area (Å²) in [4.78, 5) is 27.3. The summed E-state index contributed by atoms with van der Waals surface area (Å²) in [6.45, 7) is 7.89. The van der Waals surface area contributed by atoms with E-state index in [1.807, 2.05) is 45.0 Å². The minimum absolute atomic E-state index is 0.0476. The maximum atomic E-state index is 13.0. The first-order valence-electron chi connectivity index (χ1n) is 10.3. The van der Waals surface area contributed by atoms with Crippen LogP contribution in [-0.2, 0) is 16.1 Å². The first kappa shape index (κ1) is 23.3. The predicted octanol–water partition coefficient (Wildman–Crippen LogP) is 3.71. The molecule has 162 valence electrons. The lowest BCUT2D eigenvalue weighted by molar-refractivity contribution is -0.142. The fourth-order valence-electron chi connectivity index (χ4n) is 2.96. The monoisotopic (exact) mass is 412 g/mol. The zero-order valence-corrected chi connectivity index (χ0v) is 18.5. The average molecular weight is 413 g/mol. The Morgan fingerprint density at radius 2 is 1.73 bits per heavy atom. The molecule has 0 fully saturated rings. The number of aryl methyl sites for hydroxylation is 1. The number of nitrogens with zero attached hydrogens (tertiary/aromatic N) is 1. The van der Waals surface area contributed by atoms with Gasteiger partial charge in [0.2, 0.25) is 5.91 Å². The minimum Gasteiger partial charge on any atom is -0.497 e. The van der Waals surface area contributed by atoms with Crippen LogP contribution in [0, 0.1) is 6.92 Å². The van der Waals surface area contributed by atoms with Crippen molar-refractivity contribution in [2.24, 2.45) is 0 Å². The smallest absolute Gasteiger partial charge is 0.261 e. The summed E-state index contributed by atoms with van der Waals surface area (Å²) in [6, 6.07) is 14.4. The van der Waals surface area contributed by atoms with Crippen LogP contribution in [0.3, 0.4) is 0 Å². The third-order valence-electron chi connectivity index (χ3n) is 5.03. The van der Waals surface area contributed by atoms with Crippen molar-refractivity contribution in [2.45, 2.75) is 52.7 Å². The first-order valence-corrected chi connectivity index (χ1v) is 10.3. The van der Waals surface area contributed by atoms with Crippen LogP contribution in [-0.4, -0.2) is 42.5 Å². The largest absolute Gasteiger partial charge is 0.497 e. The van der Waals surface area contributed by atoms with Crippen LogP contribution in [0.4, 0.5) is 0 Å². The van der Waals surface area contributed by atoms with Crippen LogP contribution in [0.15, 0.2) is 48.5 Å². The van der Waals surface area contributed by atoms with Crippen LogP contribution in [0.25, 0.3) is 0 Å². The lowest BCUT2D eigenvalue weighted by Gasteiger charge is -2.29. The van der Waals surface area contributed by atoms with E-state index >= 15 is 0 Å². The van der Waals surface area contributed by atoms with Crippen molar-refractivity contribution in [3.8, 4) is 11.5 Å². The van der Waals surface area contributed by atoms with Gasteiger partial charge in [0.05, 0.1) is 7.11 Å². The van der Waals surface area contributed by atoms with Crippen LogP contribution in [0.2, 0.25) is 0 Å². The van der Waals surface area contributed by atoms with Crippen LogP contribution in [0.5, 0.6) is 11.5 Å². The maximum Gasteiger partial charge on any atom is 0.261 e. The highest BCUT2D eigenvalue weighted by Gasteiger charge is 2.27. The SMILES string of the molecule is CCC(C)NC(=O)C(C)N(Cc1cccc(C)c1)C(=O)COc1ccc(OC)cc1. The van der Waals surface area contributed by atoms with E-state index in [1.54, 1.807) is 43.2 Å². The van der Waals surface area contributed by atoms with E-state index in [0.29, 0.717) is 18.0 Å². The highest BCUT2D eigenvalue weighted by atomic mass is 16.5. The van der Waals surface area contributed by atoms with Gasteiger partial charge in [-0.3, -0.25) is 9.59 Å². The fourth-order valence-corrected chi connectivity index (χ4v) is 2.96. The van der Waals surface area contributed by atoms with Crippen LogP contribution >= 0.6 is 0 Å². The molecular weight excluding hydrogens is 380 g/mol. The second-order valence-corrected chi connectivity index (χ2v) is 7.47. The molecule has 0 heterocycles. The highest BCUT2D eigenvalue weighted by molar-refractivity contribution is 5.88. The molecule has 2 unspecified atom stereocenters. The van der Waals surface area contributed by atoms with E-state index in [4.69, 9.17) is 9.47 Å². The lowest BCUT2D eigenvalue weighted by Crippen LogP contribution is -2.50. The number of rotatable bonds is 10. The number of carbonyl (C=O) groups excluding carboxylic acids is 2. The van der Waals surface area contributed by atoms with E-state index in [9.17, 15) is 9.59 Å². The topological polar surface area (TPSA) is 67.9 Å². The van der Waals surface area contributed by atoms with Crippen LogP contribution in [0.1, 0.15) is 38.3 Å². The van der Waals surface area contributed by atoms with Crippen molar-refractivity contribution in [2.75, 3.05) is 13.7 Å². The van der Waals surface area contributed by atoms with Gasteiger partial charge in [0.15, 0.2) is 6.61 Å². The lowest BCUT2D eigenvalue weighted by atomic mass is 10.1. The summed E-state index contributed by atoms with van der Waals surface area (Å²) in [5.41, 5.74) is 2.07. The van der Waals surface area contributed by atoms with Gasteiger partial charge in [-0.1, -0.05) is 36.8 Å². The van der Waals surface area contributed by atoms with Gasteiger partial charge < -0.3 is 19.7 Å². The van der Waals surface area contributed by atoms with E-state index in [0.717, 1.165) is 17.5 Å². The summed E-state index contributed by atoms with van der Waals surface area (Å²) in [7, 11) is 1.59. The number of hydrogen-bond donors (Lipinski definition) is 1. The molecule has 0 aliphatic heterocycles. The number of carbonyl (C=O) groups is 2. The first-order chi connectivity index (χ1) is 14.3. The summed E-state index contributed by atoms with van der Waals surface area (Å²) < 4.78 is 10.8. The molecule has 2 aromatic carbocycles. The Bertz CT molecular complexity index is 835. The molecule has 0 bridgehead atoms. The predicted molar refractivity (Wildman–Crippen MR) is 118 cm³/mol. The van der Waals surface area contributed by atoms with Gasteiger partial charge in [-0.2, -0.15) is 0 Å². The van der Waals surface area contributed by atoms with Gasteiger partial charge in [-0.05, 0) is 57.0 Å². The molecule has 0 saturated heterocycles. The fraction of sp³-hybridized carbons (Fsp3) is 0.417. The number of hydrogen-bond acceptors (Lipinski definition) is 4. The minimum atomic E-state index is -0.619. The number of methoxy groups -OCH3 is 1. The molecule has 2 aromatic rings. The second kappa shape index (κ2) is 11.2. The molecule has 0 spiro atoms. The zero-order valence-electron chi connectivity index (χ0n) is 18.5. The number of benzene rings is 2. The Hall–Kier alpha value is -3.02. The van der Waals surface area contributed by atoms with Gasteiger partial charge in [0, 0.05) is 12.6 Å². The molecule has 2 atom stereocenters. The Morgan fingerprint density at radius 3 is 2.33 bits per heavy atom. The van der Waals surface area contributed by atoms with Gasteiger partial charge in [0.1, 0.15) is 17.5 Å². The zero-order chi connectivity index (χ0) is 22.1. The average Bonchev–Trinajstić information content (AvgIpc) is 2.75. The van der Waals surface area contributed by atoms with Gasteiger partial charge in [-0.25, -0.2) is 0 Å². The summed E-state index contributed by atoms with van der Waals surface area (Å²) in [6.07, 6.45) is 0.824. The second-order valence-electron chi connectivity index (χ2n) is 7.47. The maximum absolute atomic E-state index is 13.0. The molecule has 0 aliphatic carbocycles. The molecule has 0 aromatic heterocycles. The quantitative estimate of drug-likeness (QED) is 0.646. The van der Waals surface area contributed by atoms with Crippen molar-refractivity contribution in [1.29, 1.82) is 0 Å². The number of amides is 2. The standard InChI is InChI=1S/C24H32N2O4/c1-6-18(3)25-24(28)19(4)26(15-20-9-7-8-17(2)14-20)23(27)16-30-22-12-10-21(29-5)11-13-22/h7-14,18-19H,6,15-16H2,1-5H3,(H,25,28). The van der Waals surface area contributed by atoms with Crippen LogP contribution < -0.4 is 14.8 Å². The third kappa shape index (κ3) is 6.79. The van der Waals surface area contributed by atoms with Gasteiger partial charge >= 0.3 is 0 Å². The summed E-state index contributed by atoms with van der Waals surface area (Å²) >= 11 is 0. The Morgan fingerprint density at radius 1 is 1.07 bits per heavy atom. The molecule has 6 nitrogen and oxygen atoms in total. The molecule has 2 rings (SSSR count). The number of ether oxygens (including phenoxy) is 2. The third-order valence-corrected chi connectivity index (χ3v) is 5.03. The highest BCUT2D eigenvalue weighted by Crippen LogP contribution is 2.18. The van der Waals surface area contributed by atoms with Crippen molar-refractivity contribution in [3.05, 3.63) is 59.7 Å². The summed E-state index contributed by atoms with van der Waals surface area (Å²) in [5.74, 6) is 0.857. The molecule has 2 amide bonds. The number of nitrogens with one attached hydrogen (secondary N) is 1. The Balaban J connectivity index is 2.13. The molecule has 0 aliphatic rings. The van der Waals surface area contributed by atoms with E-state index in [-0.39, 0.29) is 24.5 Å². The van der Waals surface area contributed by atoms with Crippen molar-refractivity contribution in [3.63, 3.8) is 0 Å². The van der Waals surface area contributed by atoms with Crippen molar-refractivity contribution in [1.82, 2.24) is 10.2 Å². The molecule has 1 N–H and O–H groups in total. The van der Waals surface area contributed by atoms with Crippen molar-refractivity contribution >= 4 is 11.8 Å². The van der Waals surface area contributed by atoms with Crippen molar-refractivity contribution < 1.29 is 19.1 Å². The molecular formula is C24H32N2O4.